The Labute approximate surface area is 134 Å². The van der Waals surface area contributed by atoms with E-state index >= 15 is 0 Å². The SMILES string of the molecule is CCN(CC)C(=O)CN(C)S(=O)(=O)c1cn(C)c(=O)n(C)c1=O. The molecule has 1 aromatic rings. The van der Waals surface area contributed by atoms with Crippen molar-refractivity contribution in [3.63, 3.8) is 0 Å². The highest BCUT2D eigenvalue weighted by atomic mass is 32.2. The van der Waals surface area contributed by atoms with E-state index in [1.165, 1.54) is 26.0 Å². The highest BCUT2D eigenvalue weighted by Crippen LogP contribution is 2.09. The smallest absolute Gasteiger partial charge is 0.330 e. The first-order valence-corrected chi connectivity index (χ1v) is 8.52. The molecule has 0 saturated heterocycles. The molecular weight excluding hydrogens is 324 g/mol. The molecule has 0 fully saturated rings. The first kappa shape index (κ1) is 19.1. The van der Waals surface area contributed by atoms with Crippen LogP contribution in [0.4, 0.5) is 0 Å². The van der Waals surface area contributed by atoms with Gasteiger partial charge in [-0.05, 0) is 13.8 Å². The quantitative estimate of drug-likeness (QED) is 0.629. The minimum absolute atomic E-state index is 0.359. The van der Waals surface area contributed by atoms with Crippen LogP contribution in [-0.4, -0.2) is 59.3 Å². The summed E-state index contributed by atoms with van der Waals surface area (Å²) in [5.74, 6) is -0.359. The van der Waals surface area contributed by atoms with Gasteiger partial charge in [0.25, 0.3) is 5.56 Å². The van der Waals surface area contributed by atoms with Crippen LogP contribution in [0.25, 0.3) is 0 Å². The van der Waals surface area contributed by atoms with Gasteiger partial charge in [0, 0.05) is 40.4 Å². The third-order valence-electron chi connectivity index (χ3n) is 3.58. The van der Waals surface area contributed by atoms with E-state index in [-0.39, 0.29) is 12.5 Å². The molecule has 1 heterocycles. The van der Waals surface area contributed by atoms with Gasteiger partial charge < -0.3 is 9.47 Å². The summed E-state index contributed by atoms with van der Waals surface area (Å²) in [6.45, 7) is 4.13. The first-order valence-electron chi connectivity index (χ1n) is 7.08. The largest absolute Gasteiger partial charge is 0.342 e. The van der Waals surface area contributed by atoms with Crippen LogP contribution in [0.5, 0.6) is 0 Å². The van der Waals surface area contributed by atoms with E-state index in [1.54, 1.807) is 13.8 Å². The van der Waals surface area contributed by atoms with Crippen molar-refractivity contribution in [3.05, 3.63) is 27.0 Å². The van der Waals surface area contributed by atoms with Crippen LogP contribution in [0.1, 0.15) is 13.8 Å². The molecule has 0 aliphatic heterocycles. The van der Waals surface area contributed by atoms with Crippen LogP contribution >= 0.6 is 0 Å². The van der Waals surface area contributed by atoms with Gasteiger partial charge in [0.1, 0.15) is 0 Å². The lowest BCUT2D eigenvalue weighted by Gasteiger charge is -2.22. The molecule has 0 spiro atoms. The molecule has 0 bridgehead atoms. The second-order valence-corrected chi connectivity index (χ2v) is 7.09. The zero-order valence-corrected chi connectivity index (χ0v) is 14.8. The van der Waals surface area contributed by atoms with Gasteiger partial charge in [-0.15, -0.1) is 0 Å². The number of nitrogens with zero attached hydrogens (tertiary/aromatic N) is 4. The number of aryl methyl sites for hydroxylation is 1. The van der Waals surface area contributed by atoms with Gasteiger partial charge in [0.15, 0.2) is 4.90 Å². The Morgan fingerprint density at radius 2 is 1.70 bits per heavy atom. The number of amides is 1. The summed E-state index contributed by atoms with van der Waals surface area (Å²) in [7, 11) is -0.412. The minimum atomic E-state index is -4.18. The van der Waals surface area contributed by atoms with Crippen molar-refractivity contribution in [2.75, 3.05) is 26.7 Å². The fraction of sp³-hybridized carbons (Fsp3) is 0.615. The third kappa shape index (κ3) is 3.70. The highest BCUT2D eigenvalue weighted by molar-refractivity contribution is 7.89. The predicted molar refractivity (Wildman–Crippen MR) is 84.7 cm³/mol. The number of carbonyl (C=O) groups is 1. The van der Waals surface area contributed by atoms with Gasteiger partial charge in [-0.1, -0.05) is 0 Å². The van der Waals surface area contributed by atoms with Gasteiger partial charge in [-0.3, -0.25) is 14.2 Å². The maximum Gasteiger partial charge on any atom is 0.330 e. The van der Waals surface area contributed by atoms with Crippen molar-refractivity contribution in [1.82, 2.24) is 18.3 Å². The average molecular weight is 346 g/mol. The normalized spacial score (nSPS) is 11.7. The fourth-order valence-corrected chi connectivity index (χ4v) is 3.34. The summed E-state index contributed by atoms with van der Waals surface area (Å²) in [5, 5.41) is 0. The molecule has 10 heteroatoms. The Balaban J connectivity index is 3.25. The highest BCUT2D eigenvalue weighted by Gasteiger charge is 2.28. The third-order valence-corrected chi connectivity index (χ3v) is 5.36. The summed E-state index contributed by atoms with van der Waals surface area (Å²) < 4.78 is 27.6. The van der Waals surface area contributed by atoms with Crippen LogP contribution in [0.3, 0.4) is 0 Å². The van der Waals surface area contributed by atoms with Crippen molar-refractivity contribution < 1.29 is 13.2 Å². The topological polar surface area (TPSA) is 102 Å². The van der Waals surface area contributed by atoms with Crippen molar-refractivity contribution in [2.45, 2.75) is 18.7 Å². The van der Waals surface area contributed by atoms with Crippen LogP contribution in [-0.2, 0) is 28.9 Å². The number of aromatic nitrogens is 2. The molecule has 0 aliphatic rings. The molecule has 130 valence electrons. The molecule has 1 rings (SSSR count). The molecule has 0 aliphatic carbocycles. The standard InChI is InChI=1S/C13H22N4O5S/c1-6-17(7-2)11(18)9-15(4)23(21,22)10-8-14(3)13(20)16(5)12(10)19/h8H,6-7,9H2,1-5H3. The maximum atomic E-state index is 12.5. The van der Waals surface area contributed by atoms with E-state index in [0.717, 1.165) is 15.1 Å². The van der Waals surface area contributed by atoms with Crippen molar-refractivity contribution in [2.24, 2.45) is 14.1 Å². The Kier molecular flexibility index (Phi) is 5.89. The van der Waals surface area contributed by atoms with Gasteiger partial charge in [0.05, 0.1) is 6.54 Å². The van der Waals surface area contributed by atoms with Gasteiger partial charge in [-0.2, -0.15) is 4.31 Å². The van der Waals surface area contributed by atoms with Crippen molar-refractivity contribution in [1.29, 1.82) is 0 Å². The maximum absolute atomic E-state index is 12.5. The molecule has 0 N–H and O–H groups in total. The fourth-order valence-electron chi connectivity index (χ4n) is 2.07. The van der Waals surface area contributed by atoms with Gasteiger partial charge in [0.2, 0.25) is 15.9 Å². The van der Waals surface area contributed by atoms with Gasteiger partial charge >= 0.3 is 5.69 Å². The average Bonchev–Trinajstić information content (AvgIpc) is 2.49. The van der Waals surface area contributed by atoms with Gasteiger partial charge in [-0.25, -0.2) is 13.2 Å². The molecule has 0 unspecified atom stereocenters. The molecule has 0 radical (unpaired) electrons. The summed E-state index contributed by atoms with van der Waals surface area (Å²) in [6, 6.07) is 0. The molecule has 1 aromatic heterocycles. The molecule has 9 nitrogen and oxygen atoms in total. The summed E-state index contributed by atoms with van der Waals surface area (Å²) in [4.78, 5) is 36.7. The summed E-state index contributed by atoms with van der Waals surface area (Å²) in [6.07, 6.45) is 0.971. The van der Waals surface area contributed by atoms with Crippen LogP contribution in [0.15, 0.2) is 20.7 Å². The number of sulfonamides is 1. The summed E-state index contributed by atoms with van der Waals surface area (Å²) in [5.41, 5.74) is -1.55. The van der Waals surface area contributed by atoms with E-state index in [9.17, 15) is 22.8 Å². The lowest BCUT2D eigenvalue weighted by Crippen LogP contribution is -2.44. The Hall–Kier alpha value is -1.94. The molecular formula is C13H22N4O5S. The van der Waals surface area contributed by atoms with Crippen molar-refractivity contribution >= 4 is 15.9 Å². The number of hydrogen-bond donors (Lipinski definition) is 0. The van der Waals surface area contributed by atoms with E-state index in [2.05, 4.69) is 0 Å². The lowest BCUT2D eigenvalue weighted by atomic mass is 10.4. The molecule has 0 aromatic carbocycles. The number of hydrogen-bond acceptors (Lipinski definition) is 5. The zero-order chi connectivity index (χ0) is 17.9. The molecule has 1 amide bonds. The molecule has 0 saturated carbocycles. The predicted octanol–water partition coefficient (Wildman–Crippen LogP) is -1.43. The monoisotopic (exact) mass is 346 g/mol. The van der Waals surface area contributed by atoms with E-state index in [0.29, 0.717) is 17.7 Å². The lowest BCUT2D eigenvalue weighted by molar-refractivity contribution is -0.130. The van der Waals surface area contributed by atoms with Crippen LogP contribution < -0.4 is 11.2 Å². The Morgan fingerprint density at radius 3 is 2.17 bits per heavy atom. The molecule has 0 atom stereocenters. The number of carbonyl (C=O) groups excluding carboxylic acids is 1. The first-order chi connectivity index (χ1) is 10.6. The number of rotatable bonds is 6. The minimum Gasteiger partial charge on any atom is -0.342 e. The van der Waals surface area contributed by atoms with Crippen LogP contribution in [0.2, 0.25) is 0 Å². The van der Waals surface area contributed by atoms with E-state index in [1.807, 2.05) is 0 Å². The zero-order valence-electron chi connectivity index (χ0n) is 13.9. The Morgan fingerprint density at radius 1 is 1.17 bits per heavy atom. The second kappa shape index (κ2) is 7.09. The number of likely N-dealkylation sites (N-methyl/N-ethyl adjacent to an activating group) is 2. The van der Waals surface area contributed by atoms with E-state index in [4.69, 9.17) is 0 Å². The molecule has 23 heavy (non-hydrogen) atoms. The second-order valence-electron chi connectivity index (χ2n) is 5.08. The Bertz CT molecular complexity index is 805. The summed E-state index contributed by atoms with van der Waals surface area (Å²) >= 11 is 0. The van der Waals surface area contributed by atoms with Crippen LogP contribution in [0, 0.1) is 0 Å². The van der Waals surface area contributed by atoms with E-state index < -0.39 is 26.2 Å². The van der Waals surface area contributed by atoms with Crippen molar-refractivity contribution in [3.8, 4) is 0 Å².